The summed E-state index contributed by atoms with van der Waals surface area (Å²) in [6, 6.07) is 7.46. The number of carboxylic acid groups (broad SMARTS) is 1. The number of rotatable bonds is 6. The summed E-state index contributed by atoms with van der Waals surface area (Å²) in [5.74, 6) is 1.42. The highest BCUT2D eigenvalue weighted by molar-refractivity contribution is 5.85. The van der Waals surface area contributed by atoms with E-state index in [2.05, 4.69) is 18.7 Å². The highest BCUT2D eigenvalue weighted by Gasteiger charge is 2.25. The third-order valence-electron chi connectivity index (χ3n) is 4.04. The van der Waals surface area contributed by atoms with Gasteiger partial charge in [0.05, 0.1) is 0 Å². The van der Waals surface area contributed by atoms with Crippen LogP contribution in [0.2, 0.25) is 0 Å². The van der Waals surface area contributed by atoms with Crippen LogP contribution in [0.5, 0.6) is 5.75 Å². The van der Waals surface area contributed by atoms with Gasteiger partial charge in [0.25, 0.3) is 0 Å². The zero-order chi connectivity index (χ0) is 15.2. The van der Waals surface area contributed by atoms with Crippen LogP contribution in [-0.4, -0.2) is 42.2 Å². The number of aliphatic carboxylic acids is 1. The van der Waals surface area contributed by atoms with Gasteiger partial charge >= 0.3 is 5.97 Å². The topological polar surface area (TPSA) is 49.8 Å². The van der Waals surface area contributed by atoms with Crippen molar-refractivity contribution in [2.45, 2.75) is 13.8 Å². The molecule has 1 N–H and O–H groups in total. The summed E-state index contributed by atoms with van der Waals surface area (Å²) in [6.45, 7) is 8.55. The van der Waals surface area contributed by atoms with Crippen molar-refractivity contribution < 1.29 is 14.6 Å². The normalized spacial score (nSPS) is 22.8. The lowest BCUT2D eigenvalue weighted by atomic mass is 10.0. The molecule has 1 aliphatic heterocycles. The molecule has 1 aliphatic rings. The highest BCUT2D eigenvalue weighted by Crippen LogP contribution is 2.21. The first-order valence-electron chi connectivity index (χ1n) is 7.41. The van der Waals surface area contributed by atoms with E-state index in [1.807, 2.05) is 24.3 Å². The maximum absolute atomic E-state index is 10.4. The van der Waals surface area contributed by atoms with E-state index >= 15 is 0 Å². The molecule has 1 fully saturated rings. The third kappa shape index (κ3) is 4.90. The Kier molecular flexibility index (Phi) is 5.39. The summed E-state index contributed by atoms with van der Waals surface area (Å²) in [5, 5.41) is 8.57. The Morgan fingerprint density at radius 2 is 1.90 bits per heavy atom. The standard InChI is InChI=1S/C17H23NO3/c1-13-11-18(12-14(13)2)9-10-21-16-6-3-15(4-7-16)5-8-17(19)20/h3-8,13-14H,9-12H2,1-2H3,(H,19,20). The SMILES string of the molecule is CC1CN(CCOc2ccc(C=CC(=O)O)cc2)CC1C. The Labute approximate surface area is 126 Å². The van der Waals surface area contributed by atoms with Gasteiger partial charge in [-0.3, -0.25) is 4.90 Å². The van der Waals surface area contributed by atoms with Crippen molar-refractivity contribution in [3.63, 3.8) is 0 Å². The first-order valence-corrected chi connectivity index (χ1v) is 7.41. The molecule has 0 amide bonds. The van der Waals surface area contributed by atoms with Gasteiger partial charge in [0.15, 0.2) is 0 Å². The number of carboxylic acids is 1. The van der Waals surface area contributed by atoms with Crippen molar-refractivity contribution in [1.29, 1.82) is 0 Å². The van der Waals surface area contributed by atoms with E-state index in [4.69, 9.17) is 9.84 Å². The van der Waals surface area contributed by atoms with Gasteiger partial charge in [-0.2, -0.15) is 0 Å². The molecule has 1 aromatic rings. The molecule has 0 radical (unpaired) electrons. The van der Waals surface area contributed by atoms with Crippen LogP contribution in [-0.2, 0) is 4.79 Å². The van der Waals surface area contributed by atoms with Crippen LogP contribution in [0.15, 0.2) is 30.3 Å². The fourth-order valence-corrected chi connectivity index (χ4v) is 2.57. The second kappa shape index (κ2) is 7.27. The molecule has 1 aromatic carbocycles. The molecule has 2 unspecified atom stereocenters. The molecule has 1 saturated heterocycles. The molecule has 2 rings (SSSR count). The van der Waals surface area contributed by atoms with Crippen LogP contribution in [0.1, 0.15) is 19.4 Å². The minimum atomic E-state index is -0.940. The lowest BCUT2D eigenvalue weighted by molar-refractivity contribution is -0.131. The van der Waals surface area contributed by atoms with Crippen LogP contribution in [0.25, 0.3) is 6.08 Å². The molecule has 0 aromatic heterocycles. The van der Waals surface area contributed by atoms with Gasteiger partial charge < -0.3 is 9.84 Å². The molecule has 4 nitrogen and oxygen atoms in total. The Hall–Kier alpha value is -1.81. The monoisotopic (exact) mass is 289 g/mol. The van der Waals surface area contributed by atoms with Crippen molar-refractivity contribution in [3.05, 3.63) is 35.9 Å². The minimum Gasteiger partial charge on any atom is -0.492 e. The number of likely N-dealkylation sites (tertiary alicyclic amines) is 1. The Morgan fingerprint density at radius 1 is 1.29 bits per heavy atom. The van der Waals surface area contributed by atoms with E-state index in [1.165, 1.54) is 0 Å². The van der Waals surface area contributed by atoms with Crippen LogP contribution in [0.3, 0.4) is 0 Å². The van der Waals surface area contributed by atoms with Crippen LogP contribution in [0.4, 0.5) is 0 Å². The number of hydrogen-bond acceptors (Lipinski definition) is 3. The zero-order valence-electron chi connectivity index (χ0n) is 12.7. The Bertz CT molecular complexity index is 485. The lowest BCUT2D eigenvalue weighted by Crippen LogP contribution is -2.26. The average molecular weight is 289 g/mol. The van der Waals surface area contributed by atoms with Gasteiger partial charge in [0, 0.05) is 25.7 Å². The molecule has 0 bridgehead atoms. The van der Waals surface area contributed by atoms with E-state index in [0.29, 0.717) is 6.61 Å². The number of benzene rings is 1. The molecule has 21 heavy (non-hydrogen) atoms. The predicted molar refractivity (Wildman–Crippen MR) is 83.4 cm³/mol. The van der Waals surface area contributed by atoms with Crippen LogP contribution in [0, 0.1) is 11.8 Å². The molecule has 0 aliphatic carbocycles. The van der Waals surface area contributed by atoms with Crippen molar-refractivity contribution >= 4 is 12.0 Å². The van der Waals surface area contributed by atoms with Crippen molar-refractivity contribution in [1.82, 2.24) is 4.90 Å². The maximum Gasteiger partial charge on any atom is 0.328 e. The molecule has 2 atom stereocenters. The lowest BCUT2D eigenvalue weighted by Gasteiger charge is -2.15. The van der Waals surface area contributed by atoms with E-state index in [1.54, 1.807) is 6.08 Å². The second-order valence-electron chi connectivity index (χ2n) is 5.80. The summed E-state index contributed by atoms with van der Waals surface area (Å²) < 4.78 is 5.74. The summed E-state index contributed by atoms with van der Waals surface area (Å²) in [6.07, 6.45) is 2.70. The summed E-state index contributed by atoms with van der Waals surface area (Å²) >= 11 is 0. The molecule has 4 heteroatoms. The fraction of sp³-hybridized carbons (Fsp3) is 0.471. The highest BCUT2D eigenvalue weighted by atomic mass is 16.5. The molecular formula is C17H23NO3. The number of hydrogen-bond donors (Lipinski definition) is 1. The molecule has 0 saturated carbocycles. The Morgan fingerprint density at radius 3 is 2.48 bits per heavy atom. The van der Waals surface area contributed by atoms with E-state index < -0.39 is 5.97 Å². The van der Waals surface area contributed by atoms with Crippen molar-refractivity contribution in [2.75, 3.05) is 26.2 Å². The first kappa shape index (κ1) is 15.6. The molecular weight excluding hydrogens is 266 g/mol. The van der Waals surface area contributed by atoms with Gasteiger partial charge in [0.1, 0.15) is 12.4 Å². The smallest absolute Gasteiger partial charge is 0.328 e. The van der Waals surface area contributed by atoms with Gasteiger partial charge in [-0.25, -0.2) is 4.79 Å². The quantitative estimate of drug-likeness (QED) is 0.818. The van der Waals surface area contributed by atoms with Crippen molar-refractivity contribution in [2.24, 2.45) is 11.8 Å². The summed E-state index contributed by atoms with van der Waals surface area (Å²) in [5.41, 5.74) is 0.854. The van der Waals surface area contributed by atoms with Crippen LogP contribution < -0.4 is 4.74 Å². The zero-order valence-corrected chi connectivity index (χ0v) is 12.7. The second-order valence-corrected chi connectivity index (χ2v) is 5.80. The van der Waals surface area contributed by atoms with E-state index in [-0.39, 0.29) is 0 Å². The largest absolute Gasteiger partial charge is 0.492 e. The van der Waals surface area contributed by atoms with Gasteiger partial charge in [-0.1, -0.05) is 26.0 Å². The first-order chi connectivity index (χ1) is 10.0. The number of ether oxygens (including phenoxy) is 1. The van der Waals surface area contributed by atoms with Gasteiger partial charge in [-0.15, -0.1) is 0 Å². The summed E-state index contributed by atoms with van der Waals surface area (Å²) in [4.78, 5) is 12.9. The van der Waals surface area contributed by atoms with Crippen LogP contribution >= 0.6 is 0 Å². The van der Waals surface area contributed by atoms with E-state index in [9.17, 15) is 4.79 Å². The van der Waals surface area contributed by atoms with Gasteiger partial charge in [-0.05, 0) is 35.6 Å². The van der Waals surface area contributed by atoms with E-state index in [0.717, 1.165) is 48.9 Å². The summed E-state index contributed by atoms with van der Waals surface area (Å²) in [7, 11) is 0. The fourth-order valence-electron chi connectivity index (χ4n) is 2.57. The number of carbonyl (C=O) groups is 1. The number of nitrogens with zero attached hydrogens (tertiary/aromatic N) is 1. The molecule has 114 valence electrons. The molecule has 1 heterocycles. The van der Waals surface area contributed by atoms with Gasteiger partial charge in [0.2, 0.25) is 0 Å². The average Bonchev–Trinajstić information content (AvgIpc) is 2.77. The predicted octanol–water partition coefficient (Wildman–Crippen LogP) is 2.75. The van der Waals surface area contributed by atoms with Crippen molar-refractivity contribution in [3.8, 4) is 5.75 Å². The molecule has 0 spiro atoms. The minimum absolute atomic E-state index is 0.684. The Balaban J connectivity index is 1.75. The maximum atomic E-state index is 10.4. The third-order valence-corrected chi connectivity index (χ3v) is 4.04.